The highest BCUT2D eigenvalue weighted by molar-refractivity contribution is 8.01. The zero-order chi connectivity index (χ0) is 20.6. The van der Waals surface area contributed by atoms with Crippen molar-refractivity contribution in [3.8, 4) is 0 Å². The molecule has 0 spiro atoms. The summed E-state index contributed by atoms with van der Waals surface area (Å²) >= 11 is 3.51. The Morgan fingerprint density at radius 3 is 2.23 bits per heavy atom. The first-order chi connectivity index (χ1) is 14.8. The second kappa shape index (κ2) is 11.7. The van der Waals surface area contributed by atoms with Crippen LogP contribution < -0.4 is 5.32 Å². The number of rotatable bonds is 7. The first-order valence-electron chi connectivity index (χ1n) is 12.2. The first kappa shape index (κ1) is 22.4. The van der Waals surface area contributed by atoms with Crippen molar-refractivity contribution in [2.75, 3.05) is 30.7 Å². The van der Waals surface area contributed by atoms with Gasteiger partial charge in [-0.15, -0.1) is 11.8 Å². The number of nitrogens with zero attached hydrogens (tertiary/aromatic N) is 3. The number of thiazole rings is 1. The lowest BCUT2D eigenvalue weighted by molar-refractivity contribution is 0.114. The van der Waals surface area contributed by atoms with Gasteiger partial charge in [0.15, 0.2) is 5.13 Å². The van der Waals surface area contributed by atoms with Crippen LogP contribution in [0.2, 0.25) is 0 Å². The van der Waals surface area contributed by atoms with Crippen molar-refractivity contribution in [1.29, 1.82) is 0 Å². The van der Waals surface area contributed by atoms with Crippen molar-refractivity contribution in [3.63, 3.8) is 0 Å². The maximum Gasteiger partial charge on any atom is 0.324 e. The van der Waals surface area contributed by atoms with Crippen LogP contribution >= 0.6 is 23.1 Å². The Labute approximate surface area is 190 Å². The average molecular weight is 451 g/mol. The highest BCUT2D eigenvalue weighted by Crippen LogP contribution is 2.32. The van der Waals surface area contributed by atoms with E-state index in [0.717, 1.165) is 17.4 Å². The predicted molar refractivity (Wildman–Crippen MR) is 128 cm³/mol. The van der Waals surface area contributed by atoms with Gasteiger partial charge in [0.25, 0.3) is 0 Å². The standard InChI is InChI=1S/C23H38N4OS2/c28-23(27(19-10-4-1-5-11-19)20-12-6-2-7-13-20)25-22-24-18-21(30-22)29-17-16-26-14-8-3-9-15-26/h18-20H,1-17H2,(H,24,25,28). The molecule has 30 heavy (non-hydrogen) atoms. The van der Waals surface area contributed by atoms with E-state index in [2.05, 4.69) is 20.1 Å². The summed E-state index contributed by atoms with van der Waals surface area (Å²) in [5.74, 6) is 1.10. The molecule has 2 heterocycles. The number of likely N-dealkylation sites (tertiary alicyclic amines) is 1. The average Bonchev–Trinajstić information content (AvgIpc) is 3.23. The van der Waals surface area contributed by atoms with Gasteiger partial charge in [-0.3, -0.25) is 5.32 Å². The maximum absolute atomic E-state index is 13.3. The summed E-state index contributed by atoms with van der Waals surface area (Å²) < 4.78 is 1.21. The molecule has 0 atom stereocenters. The van der Waals surface area contributed by atoms with E-state index < -0.39 is 0 Å². The molecule has 1 aromatic rings. The van der Waals surface area contributed by atoms with Gasteiger partial charge in [-0.1, -0.05) is 56.3 Å². The van der Waals surface area contributed by atoms with E-state index in [4.69, 9.17) is 0 Å². The summed E-state index contributed by atoms with van der Waals surface area (Å²) in [7, 11) is 0. The van der Waals surface area contributed by atoms with Crippen LogP contribution in [0.3, 0.4) is 0 Å². The minimum absolute atomic E-state index is 0.0908. The van der Waals surface area contributed by atoms with Crippen molar-refractivity contribution in [3.05, 3.63) is 6.20 Å². The Kier molecular flexibility index (Phi) is 8.76. The zero-order valence-electron chi connectivity index (χ0n) is 18.3. The van der Waals surface area contributed by atoms with Gasteiger partial charge in [0.1, 0.15) is 0 Å². The molecule has 4 rings (SSSR count). The Morgan fingerprint density at radius 2 is 1.60 bits per heavy atom. The fourth-order valence-corrected chi connectivity index (χ4v) is 7.29. The van der Waals surface area contributed by atoms with Gasteiger partial charge in [-0.05, 0) is 51.6 Å². The third-order valence-electron chi connectivity index (χ3n) is 6.97. The van der Waals surface area contributed by atoms with E-state index >= 15 is 0 Å². The smallest absolute Gasteiger partial charge is 0.319 e. The maximum atomic E-state index is 13.3. The molecule has 2 amide bonds. The van der Waals surface area contributed by atoms with Gasteiger partial charge < -0.3 is 9.80 Å². The number of amides is 2. The van der Waals surface area contributed by atoms with Crippen LogP contribution in [0.4, 0.5) is 9.93 Å². The van der Waals surface area contributed by atoms with E-state index in [1.165, 1.54) is 101 Å². The molecule has 0 unspecified atom stereocenters. The molecule has 1 aromatic heterocycles. The van der Waals surface area contributed by atoms with Crippen molar-refractivity contribution in [1.82, 2.24) is 14.8 Å². The summed E-state index contributed by atoms with van der Waals surface area (Å²) in [5, 5.41) is 3.93. The number of nitrogens with one attached hydrogen (secondary N) is 1. The molecule has 0 bridgehead atoms. The molecule has 3 fully saturated rings. The number of hydrogen-bond acceptors (Lipinski definition) is 5. The van der Waals surface area contributed by atoms with E-state index in [9.17, 15) is 4.79 Å². The van der Waals surface area contributed by atoms with Crippen LogP contribution in [0.1, 0.15) is 83.5 Å². The molecule has 1 saturated heterocycles. The van der Waals surface area contributed by atoms with E-state index in [1.54, 1.807) is 11.3 Å². The van der Waals surface area contributed by atoms with Crippen molar-refractivity contribution >= 4 is 34.3 Å². The van der Waals surface area contributed by atoms with E-state index in [0.29, 0.717) is 12.1 Å². The number of anilines is 1. The summed E-state index contributed by atoms with van der Waals surface area (Å²) in [4.78, 5) is 22.6. The number of piperidine rings is 1. The number of aromatic nitrogens is 1. The lowest BCUT2D eigenvalue weighted by atomic mass is 9.89. The monoisotopic (exact) mass is 450 g/mol. The SMILES string of the molecule is O=C(Nc1ncc(SCCN2CCCCC2)s1)N(C1CCCCC1)C1CCCCC1. The predicted octanol–water partition coefficient (Wildman–Crippen LogP) is 6.22. The largest absolute Gasteiger partial charge is 0.324 e. The number of carbonyl (C=O) groups is 1. The molecular weight excluding hydrogens is 412 g/mol. The summed E-state index contributed by atoms with van der Waals surface area (Å²) in [6.45, 7) is 3.66. The lowest BCUT2D eigenvalue weighted by Crippen LogP contribution is -2.50. The van der Waals surface area contributed by atoms with Crippen LogP contribution in [0.25, 0.3) is 0 Å². The molecule has 7 heteroatoms. The Morgan fingerprint density at radius 1 is 1.00 bits per heavy atom. The van der Waals surface area contributed by atoms with Crippen LogP contribution in [0, 0.1) is 0 Å². The van der Waals surface area contributed by atoms with Gasteiger partial charge in [0.2, 0.25) is 0 Å². The molecule has 1 aliphatic heterocycles. The zero-order valence-corrected chi connectivity index (χ0v) is 20.0. The van der Waals surface area contributed by atoms with Gasteiger partial charge >= 0.3 is 6.03 Å². The molecular formula is C23H38N4OS2. The molecule has 1 N–H and O–H groups in total. The second-order valence-corrected chi connectivity index (χ2v) is 11.6. The van der Waals surface area contributed by atoms with Gasteiger partial charge in [-0.2, -0.15) is 0 Å². The minimum atomic E-state index is 0.0908. The Hall–Kier alpha value is -0.790. The van der Waals surface area contributed by atoms with Gasteiger partial charge in [-0.25, -0.2) is 9.78 Å². The topological polar surface area (TPSA) is 48.5 Å². The molecule has 168 valence electrons. The second-order valence-electron chi connectivity index (χ2n) is 9.16. The third-order valence-corrected chi connectivity index (χ3v) is 9.06. The van der Waals surface area contributed by atoms with Crippen LogP contribution in [0.5, 0.6) is 0 Å². The quantitative estimate of drug-likeness (QED) is 0.501. The normalized spacial score (nSPS) is 22.1. The number of urea groups is 1. The van der Waals surface area contributed by atoms with Crippen LogP contribution in [0.15, 0.2) is 10.4 Å². The van der Waals surface area contributed by atoms with E-state index in [-0.39, 0.29) is 6.03 Å². The van der Waals surface area contributed by atoms with E-state index in [1.807, 2.05) is 18.0 Å². The molecule has 3 aliphatic rings. The minimum Gasteiger partial charge on any atom is -0.319 e. The molecule has 0 radical (unpaired) electrons. The fraction of sp³-hybridized carbons (Fsp3) is 0.826. The number of thioether (sulfide) groups is 1. The van der Waals surface area contributed by atoms with Crippen molar-refractivity contribution < 1.29 is 4.79 Å². The molecule has 5 nitrogen and oxygen atoms in total. The summed E-state index contributed by atoms with van der Waals surface area (Å²) in [6.07, 6.45) is 18.4. The third kappa shape index (κ3) is 6.36. The summed E-state index contributed by atoms with van der Waals surface area (Å²) in [5.41, 5.74) is 0. The lowest BCUT2D eigenvalue weighted by Gasteiger charge is -2.41. The number of hydrogen-bond donors (Lipinski definition) is 1. The first-order valence-corrected chi connectivity index (χ1v) is 14.0. The Balaban J connectivity index is 1.30. The van der Waals surface area contributed by atoms with Gasteiger partial charge in [0, 0.05) is 24.4 Å². The number of carbonyl (C=O) groups excluding carboxylic acids is 1. The summed E-state index contributed by atoms with van der Waals surface area (Å²) in [6, 6.07) is 0.924. The fourth-order valence-electron chi connectivity index (χ4n) is 5.35. The Bertz CT molecular complexity index is 631. The highest BCUT2D eigenvalue weighted by atomic mass is 32.2. The molecule has 2 aliphatic carbocycles. The van der Waals surface area contributed by atoms with Crippen molar-refractivity contribution in [2.24, 2.45) is 0 Å². The van der Waals surface area contributed by atoms with Gasteiger partial charge in [0.05, 0.1) is 10.4 Å². The van der Waals surface area contributed by atoms with Crippen molar-refractivity contribution in [2.45, 2.75) is 99.8 Å². The van der Waals surface area contributed by atoms with Crippen LogP contribution in [-0.2, 0) is 0 Å². The van der Waals surface area contributed by atoms with Crippen LogP contribution in [-0.4, -0.2) is 58.3 Å². The molecule has 2 saturated carbocycles. The highest BCUT2D eigenvalue weighted by Gasteiger charge is 2.32. The molecule has 0 aromatic carbocycles.